The molecule has 0 bridgehead atoms. The molecular weight excluding hydrogens is 244 g/mol. The number of aryl methyl sites for hydroxylation is 2. The lowest BCUT2D eigenvalue weighted by Crippen LogP contribution is -2.19. The molecule has 2 heterocycles. The molecule has 0 radical (unpaired) electrons. The zero-order valence-electron chi connectivity index (χ0n) is 11.2. The summed E-state index contributed by atoms with van der Waals surface area (Å²) in [4.78, 5) is 17.1. The summed E-state index contributed by atoms with van der Waals surface area (Å²) >= 11 is 0. The molecule has 19 heavy (non-hydrogen) atoms. The Morgan fingerprint density at radius 3 is 2.79 bits per heavy atom. The Hall–Kier alpha value is -2.37. The van der Waals surface area contributed by atoms with Gasteiger partial charge in [0.1, 0.15) is 5.56 Å². The molecule has 0 unspecified atom stereocenters. The first-order chi connectivity index (χ1) is 8.97. The summed E-state index contributed by atoms with van der Waals surface area (Å²) < 4.78 is 1.72. The molecule has 0 aromatic carbocycles. The molecule has 0 spiro atoms. The van der Waals surface area contributed by atoms with Gasteiger partial charge in [0.2, 0.25) is 0 Å². The number of carbonyl (C=O) groups is 1. The summed E-state index contributed by atoms with van der Waals surface area (Å²) in [6.45, 7) is 2.44. The SMILES string of the molecule is Cc1cc(N(C)Cc2cnn(C)c2)c(C(=O)O)cn1. The third kappa shape index (κ3) is 2.90. The van der Waals surface area contributed by atoms with Crippen molar-refractivity contribution in [3.8, 4) is 0 Å². The minimum Gasteiger partial charge on any atom is -0.478 e. The van der Waals surface area contributed by atoms with Gasteiger partial charge in [-0.2, -0.15) is 5.10 Å². The molecule has 2 aromatic rings. The Morgan fingerprint density at radius 1 is 1.47 bits per heavy atom. The smallest absolute Gasteiger partial charge is 0.339 e. The van der Waals surface area contributed by atoms with Gasteiger partial charge in [0.05, 0.1) is 11.9 Å². The lowest BCUT2D eigenvalue weighted by Gasteiger charge is -2.20. The highest BCUT2D eigenvalue weighted by Crippen LogP contribution is 2.21. The Morgan fingerprint density at radius 2 is 2.21 bits per heavy atom. The molecule has 1 N–H and O–H groups in total. The molecule has 0 saturated heterocycles. The van der Waals surface area contributed by atoms with Crippen LogP contribution in [0.15, 0.2) is 24.7 Å². The van der Waals surface area contributed by atoms with Crippen LogP contribution in [0.2, 0.25) is 0 Å². The van der Waals surface area contributed by atoms with Gasteiger partial charge in [-0.3, -0.25) is 9.67 Å². The van der Waals surface area contributed by atoms with E-state index in [4.69, 9.17) is 0 Å². The molecule has 2 aromatic heterocycles. The van der Waals surface area contributed by atoms with Crippen LogP contribution < -0.4 is 4.90 Å². The van der Waals surface area contributed by atoms with Gasteiger partial charge in [0.25, 0.3) is 0 Å². The molecule has 0 aliphatic carbocycles. The molecule has 0 fully saturated rings. The third-order valence-corrected chi connectivity index (χ3v) is 2.84. The van der Waals surface area contributed by atoms with Crippen LogP contribution in [0.1, 0.15) is 21.6 Å². The van der Waals surface area contributed by atoms with Gasteiger partial charge in [-0.05, 0) is 13.0 Å². The van der Waals surface area contributed by atoms with Gasteiger partial charge in [-0.1, -0.05) is 0 Å². The summed E-state index contributed by atoms with van der Waals surface area (Å²) in [5.41, 5.74) is 2.68. The number of carboxylic acid groups (broad SMARTS) is 1. The van der Waals surface area contributed by atoms with E-state index >= 15 is 0 Å². The average Bonchev–Trinajstić information content (AvgIpc) is 2.74. The largest absolute Gasteiger partial charge is 0.478 e. The van der Waals surface area contributed by atoms with Crippen LogP contribution in [0.4, 0.5) is 5.69 Å². The first kappa shape index (κ1) is 13.1. The number of pyridine rings is 1. The predicted molar refractivity (Wildman–Crippen MR) is 71.2 cm³/mol. The highest BCUT2D eigenvalue weighted by Gasteiger charge is 2.15. The van der Waals surface area contributed by atoms with E-state index in [0.29, 0.717) is 12.2 Å². The second-order valence-electron chi connectivity index (χ2n) is 4.53. The predicted octanol–water partition coefficient (Wildman–Crippen LogP) is 1.46. The van der Waals surface area contributed by atoms with Crippen LogP contribution in [0.3, 0.4) is 0 Å². The number of nitrogens with zero attached hydrogens (tertiary/aromatic N) is 4. The first-order valence-corrected chi connectivity index (χ1v) is 5.86. The quantitative estimate of drug-likeness (QED) is 0.901. The summed E-state index contributed by atoms with van der Waals surface area (Å²) in [7, 11) is 3.71. The molecule has 0 atom stereocenters. The van der Waals surface area contributed by atoms with E-state index in [1.165, 1.54) is 6.20 Å². The summed E-state index contributed by atoms with van der Waals surface area (Å²) in [6, 6.07) is 1.78. The summed E-state index contributed by atoms with van der Waals surface area (Å²) in [5, 5.41) is 13.3. The fraction of sp³-hybridized carbons (Fsp3) is 0.308. The van der Waals surface area contributed by atoms with Crippen molar-refractivity contribution in [3.05, 3.63) is 41.5 Å². The van der Waals surface area contributed by atoms with Crippen molar-refractivity contribution in [2.24, 2.45) is 7.05 Å². The number of aromatic carboxylic acids is 1. The molecule has 0 aliphatic rings. The van der Waals surface area contributed by atoms with Gasteiger partial charge in [0.15, 0.2) is 0 Å². The van der Waals surface area contributed by atoms with Crippen molar-refractivity contribution in [1.29, 1.82) is 0 Å². The number of anilines is 1. The number of carboxylic acids is 1. The maximum atomic E-state index is 11.2. The molecule has 0 saturated carbocycles. The molecule has 0 aliphatic heterocycles. The lowest BCUT2D eigenvalue weighted by molar-refractivity contribution is 0.0697. The zero-order valence-corrected chi connectivity index (χ0v) is 11.2. The van der Waals surface area contributed by atoms with Crippen LogP contribution >= 0.6 is 0 Å². The van der Waals surface area contributed by atoms with Crippen molar-refractivity contribution in [2.45, 2.75) is 13.5 Å². The topological polar surface area (TPSA) is 71.2 Å². The minimum absolute atomic E-state index is 0.206. The Labute approximate surface area is 111 Å². The van der Waals surface area contributed by atoms with Crippen LogP contribution in [0.25, 0.3) is 0 Å². The third-order valence-electron chi connectivity index (χ3n) is 2.84. The van der Waals surface area contributed by atoms with Gasteiger partial charge in [-0.25, -0.2) is 4.79 Å². The Bertz CT molecular complexity index is 606. The van der Waals surface area contributed by atoms with E-state index in [1.807, 2.05) is 32.1 Å². The zero-order chi connectivity index (χ0) is 14.0. The van der Waals surface area contributed by atoms with E-state index in [1.54, 1.807) is 16.9 Å². The second kappa shape index (κ2) is 5.09. The molecule has 6 nitrogen and oxygen atoms in total. The lowest BCUT2D eigenvalue weighted by atomic mass is 10.2. The first-order valence-electron chi connectivity index (χ1n) is 5.86. The van der Waals surface area contributed by atoms with Crippen LogP contribution in [-0.4, -0.2) is 32.9 Å². The van der Waals surface area contributed by atoms with Crippen molar-refractivity contribution < 1.29 is 9.90 Å². The van der Waals surface area contributed by atoms with Gasteiger partial charge < -0.3 is 10.0 Å². The fourth-order valence-corrected chi connectivity index (χ4v) is 1.94. The van der Waals surface area contributed by atoms with Crippen molar-refractivity contribution in [1.82, 2.24) is 14.8 Å². The Balaban J connectivity index is 2.29. The van der Waals surface area contributed by atoms with E-state index < -0.39 is 5.97 Å². The highest BCUT2D eigenvalue weighted by atomic mass is 16.4. The number of rotatable bonds is 4. The maximum Gasteiger partial charge on any atom is 0.339 e. The average molecular weight is 260 g/mol. The molecule has 6 heteroatoms. The van der Waals surface area contributed by atoms with Crippen molar-refractivity contribution >= 4 is 11.7 Å². The monoisotopic (exact) mass is 260 g/mol. The maximum absolute atomic E-state index is 11.2. The molecule has 100 valence electrons. The Kier molecular flexibility index (Phi) is 3.50. The number of hydrogen-bond acceptors (Lipinski definition) is 4. The normalized spacial score (nSPS) is 10.5. The highest BCUT2D eigenvalue weighted by molar-refractivity contribution is 5.94. The fourth-order valence-electron chi connectivity index (χ4n) is 1.94. The molecular formula is C13H16N4O2. The molecule has 0 amide bonds. The van der Waals surface area contributed by atoms with Gasteiger partial charge in [0, 0.05) is 44.3 Å². The number of hydrogen-bond donors (Lipinski definition) is 1. The van der Waals surface area contributed by atoms with E-state index in [9.17, 15) is 9.90 Å². The number of aromatic nitrogens is 3. The van der Waals surface area contributed by atoms with Crippen LogP contribution in [0.5, 0.6) is 0 Å². The molecule has 2 rings (SSSR count). The van der Waals surface area contributed by atoms with Crippen molar-refractivity contribution in [3.63, 3.8) is 0 Å². The van der Waals surface area contributed by atoms with Crippen molar-refractivity contribution in [2.75, 3.05) is 11.9 Å². The van der Waals surface area contributed by atoms with E-state index in [2.05, 4.69) is 10.1 Å². The van der Waals surface area contributed by atoms with Gasteiger partial charge >= 0.3 is 5.97 Å². The summed E-state index contributed by atoms with van der Waals surface area (Å²) in [6.07, 6.45) is 5.07. The second-order valence-corrected chi connectivity index (χ2v) is 4.53. The van der Waals surface area contributed by atoms with E-state index in [-0.39, 0.29) is 5.56 Å². The van der Waals surface area contributed by atoms with E-state index in [0.717, 1.165) is 11.3 Å². The van der Waals surface area contributed by atoms with Crippen LogP contribution in [0, 0.1) is 6.92 Å². The van der Waals surface area contributed by atoms with Gasteiger partial charge in [-0.15, -0.1) is 0 Å². The standard InChI is InChI=1S/C13H16N4O2/c1-9-4-12(11(6-14-9)13(18)19)16(2)7-10-5-15-17(3)8-10/h4-6,8H,7H2,1-3H3,(H,18,19). The van der Waals surface area contributed by atoms with Crippen LogP contribution in [-0.2, 0) is 13.6 Å². The minimum atomic E-state index is -0.972. The summed E-state index contributed by atoms with van der Waals surface area (Å²) in [5.74, 6) is -0.972.